The van der Waals surface area contributed by atoms with E-state index >= 15 is 0 Å². The van der Waals surface area contributed by atoms with Gasteiger partial charge >= 0.3 is 5.97 Å². The summed E-state index contributed by atoms with van der Waals surface area (Å²) in [5, 5.41) is 9.16. The molecule has 2 unspecified atom stereocenters. The van der Waals surface area contributed by atoms with E-state index in [1.165, 1.54) is 7.11 Å². The molecule has 1 aromatic rings. The number of hydrogen-bond acceptors (Lipinski definition) is 6. The highest BCUT2D eigenvalue weighted by Crippen LogP contribution is 2.23. The van der Waals surface area contributed by atoms with Crippen molar-refractivity contribution in [1.82, 2.24) is 9.97 Å². The van der Waals surface area contributed by atoms with Crippen LogP contribution in [0.4, 0.5) is 5.95 Å². The number of carboxylic acids is 1. The lowest BCUT2D eigenvalue weighted by Gasteiger charge is -2.26. The smallest absolute Gasteiger partial charge is 0.311 e. The van der Waals surface area contributed by atoms with Crippen LogP contribution in [0.15, 0.2) is 6.07 Å². The van der Waals surface area contributed by atoms with E-state index in [0.29, 0.717) is 18.4 Å². The maximum absolute atomic E-state index is 11.2. The summed E-state index contributed by atoms with van der Waals surface area (Å²) in [6.45, 7) is 2.40. The number of methoxy groups -OCH3 is 1. The monoisotopic (exact) mass is 267 g/mol. The summed E-state index contributed by atoms with van der Waals surface area (Å²) in [5.74, 6) is -0.534. The lowest BCUT2D eigenvalue weighted by atomic mass is 10.0. The van der Waals surface area contributed by atoms with E-state index in [0.717, 1.165) is 5.69 Å². The Morgan fingerprint density at radius 2 is 2.26 bits per heavy atom. The van der Waals surface area contributed by atoms with Crippen molar-refractivity contribution in [3.05, 3.63) is 11.8 Å². The highest BCUT2D eigenvalue weighted by atomic mass is 16.5. The molecule has 0 bridgehead atoms. The number of ether oxygens (including phenoxy) is 2. The zero-order valence-electron chi connectivity index (χ0n) is 11.2. The van der Waals surface area contributed by atoms with Crippen LogP contribution in [0.5, 0.6) is 5.88 Å². The average molecular weight is 267 g/mol. The summed E-state index contributed by atoms with van der Waals surface area (Å²) in [6, 6.07) is 1.45. The Bertz CT molecular complexity index is 480. The molecule has 0 aromatic carbocycles. The van der Waals surface area contributed by atoms with Crippen LogP contribution in [-0.4, -0.2) is 54.5 Å². The normalized spacial score (nSPS) is 22.3. The minimum atomic E-state index is -0.867. The third kappa shape index (κ3) is 2.76. The van der Waals surface area contributed by atoms with Crippen molar-refractivity contribution >= 4 is 11.9 Å². The fourth-order valence-corrected chi connectivity index (χ4v) is 2.10. The lowest BCUT2D eigenvalue weighted by molar-refractivity contribution is -0.141. The zero-order chi connectivity index (χ0) is 14.0. The molecule has 7 heteroatoms. The van der Waals surface area contributed by atoms with Gasteiger partial charge in [0.2, 0.25) is 11.8 Å². The van der Waals surface area contributed by atoms with Crippen LogP contribution < -0.4 is 9.64 Å². The van der Waals surface area contributed by atoms with Crippen molar-refractivity contribution in [2.24, 2.45) is 5.92 Å². The van der Waals surface area contributed by atoms with Gasteiger partial charge in [-0.05, 0) is 6.92 Å². The molecule has 1 aliphatic rings. The van der Waals surface area contributed by atoms with Crippen LogP contribution in [-0.2, 0) is 9.53 Å². The van der Waals surface area contributed by atoms with Crippen molar-refractivity contribution in [3.63, 3.8) is 0 Å². The minimum absolute atomic E-state index is 0.216. The molecule has 2 rings (SSSR count). The second-order valence-electron chi connectivity index (χ2n) is 4.51. The number of nitrogens with zero attached hydrogens (tertiary/aromatic N) is 3. The molecular weight excluding hydrogens is 250 g/mol. The van der Waals surface area contributed by atoms with Crippen LogP contribution in [0.25, 0.3) is 0 Å². The molecule has 0 spiro atoms. The Labute approximate surface area is 111 Å². The van der Waals surface area contributed by atoms with Gasteiger partial charge in [0.05, 0.1) is 26.4 Å². The summed E-state index contributed by atoms with van der Waals surface area (Å²) >= 11 is 0. The van der Waals surface area contributed by atoms with Crippen molar-refractivity contribution in [3.8, 4) is 5.88 Å². The summed E-state index contributed by atoms with van der Waals surface area (Å²) in [6.07, 6.45) is 0. The molecule has 0 radical (unpaired) electrons. The Hall–Kier alpha value is -1.89. The Balaban J connectivity index is 2.25. The first kappa shape index (κ1) is 13.5. The molecule has 0 amide bonds. The van der Waals surface area contributed by atoms with Crippen LogP contribution in [0.1, 0.15) is 5.69 Å². The molecule has 1 N–H and O–H groups in total. The summed E-state index contributed by atoms with van der Waals surface area (Å²) in [7, 11) is 3.30. The van der Waals surface area contributed by atoms with Crippen molar-refractivity contribution in [2.75, 3.05) is 32.3 Å². The quantitative estimate of drug-likeness (QED) is 0.841. The van der Waals surface area contributed by atoms with E-state index in [4.69, 9.17) is 14.6 Å². The second kappa shape index (κ2) is 5.40. The van der Waals surface area contributed by atoms with Gasteiger partial charge in [-0.2, -0.15) is 4.98 Å². The summed E-state index contributed by atoms with van der Waals surface area (Å²) in [5.41, 5.74) is 0.763. The standard InChI is InChI=1S/C12H17N3O4/c1-7-4-10(18-3)14-12(13-7)15(2)9-6-19-5-8(9)11(16)17/h4,8-9H,5-6H2,1-3H3,(H,16,17). The van der Waals surface area contributed by atoms with Gasteiger partial charge in [0.15, 0.2) is 0 Å². The first-order valence-electron chi connectivity index (χ1n) is 5.96. The Morgan fingerprint density at radius 3 is 2.89 bits per heavy atom. The van der Waals surface area contributed by atoms with Crippen molar-refractivity contribution in [1.29, 1.82) is 0 Å². The lowest BCUT2D eigenvalue weighted by Crippen LogP contribution is -2.41. The van der Waals surface area contributed by atoms with Crippen LogP contribution in [0, 0.1) is 12.8 Å². The number of carbonyl (C=O) groups is 1. The molecule has 1 fully saturated rings. The molecule has 19 heavy (non-hydrogen) atoms. The van der Waals surface area contributed by atoms with Gasteiger partial charge in [-0.15, -0.1) is 0 Å². The van der Waals surface area contributed by atoms with Gasteiger partial charge in [-0.3, -0.25) is 4.79 Å². The Kier molecular flexibility index (Phi) is 3.84. The van der Waals surface area contributed by atoms with Gasteiger partial charge in [0.1, 0.15) is 5.92 Å². The number of hydrogen-bond donors (Lipinski definition) is 1. The predicted octanol–water partition coefficient (Wildman–Crippen LogP) is 0.329. The summed E-state index contributed by atoms with van der Waals surface area (Å²) in [4.78, 5) is 21.4. The van der Waals surface area contributed by atoms with Crippen molar-refractivity contribution < 1.29 is 19.4 Å². The van der Waals surface area contributed by atoms with Gasteiger partial charge in [-0.1, -0.05) is 0 Å². The molecule has 7 nitrogen and oxygen atoms in total. The van der Waals surface area contributed by atoms with E-state index in [9.17, 15) is 4.79 Å². The van der Waals surface area contributed by atoms with Gasteiger partial charge in [0, 0.05) is 18.8 Å². The number of aromatic nitrogens is 2. The maximum atomic E-state index is 11.2. The number of rotatable bonds is 4. The maximum Gasteiger partial charge on any atom is 0.311 e. The molecular formula is C12H17N3O4. The molecule has 104 valence electrons. The number of aryl methyl sites for hydroxylation is 1. The molecule has 0 saturated carbocycles. The number of likely N-dealkylation sites (N-methyl/N-ethyl adjacent to an activating group) is 1. The fourth-order valence-electron chi connectivity index (χ4n) is 2.10. The molecule has 2 heterocycles. The predicted molar refractivity (Wildman–Crippen MR) is 67.5 cm³/mol. The summed E-state index contributed by atoms with van der Waals surface area (Å²) < 4.78 is 10.3. The number of anilines is 1. The molecule has 0 aliphatic carbocycles. The first-order valence-corrected chi connectivity index (χ1v) is 5.96. The van der Waals surface area contributed by atoms with Crippen LogP contribution in [0.3, 0.4) is 0 Å². The van der Waals surface area contributed by atoms with E-state index in [1.54, 1.807) is 18.0 Å². The molecule has 2 atom stereocenters. The zero-order valence-corrected chi connectivity index (χ0v) is 11.2. The second-order valence-corrected chi connectivity index (χ2v) is 4.51. The number of carboxylic acid groups (broad SMARTS) is 1. The largest absolute Gasteiger partial charge is 0.481 e. The van der Waals surface area contributed by atoms with Gasteiger partial charge < -0.3 is 19.5 Å². The van der Waals surface area contributed by atoms with Crippen molar-refractivity contribution in [2.45, 2.75) is 13.0 Å². The van der Waals surface area contributed by atoms with Gasteiger partial charge in [0.25, 0.3) is 0 Å². The first-order chi connectivity index (χ1) is 9.02. The number of aliphatic carboxylic acids is 1. The highest BCUT2D eigenvalue weighted by Gasteiger charge is 2.37. The van der Waals surface area contributed by atoms with E-state index in [-0.39, 0.29) is 12.6 Å². The Morgan fingerprint density at radius 1 is 1.53 bits per heavy atom. The molecule has 1 saturated heterocycles. The van der Waals surface area contributed by atoms with E-state index in [1.807, 2.05) is 6.92 Å². The topological polar surface area (TPSA) is 84.8 Å². The van der Waals surface area contributed by atoms with E-state index < -0.39 is 11.9 Å². The third-order valence-corrected chi connectivity index (χ3v) is 3.21. The minimum Gasteiger partial charge on any atom is -0.481 e. The van der Waals surface area contributed by atoms with Crippen LogP contribution in [0.2, 0.25) is 0 Å². The van der Waals surface area contributed by atoms with Crippen LogP contribution >= 0.6 is 0 Å². The molecule has 1 aromatic heterocycles. The average Bonchev–Trinajstić information content (AvgIpc) is 2.86. The SMILES string of the molecule is COc1cc(C)nc(N(C)C2COCC2C(=O)O)n1. The van der Waals surface area contributed by atoms with E-state index in [2.05, 4.69) is 9.97 Å². The molecule has 1 aliphatic heterocycles. The highest BCUT2D eigenvalue weighted by molar-refractivity contribution is 5.72. The van der Waals surface area contributed by atoms with Gasteiger partial charge in [-0.25, -0.2) is 4.98 Å². The third-order valence-electron chi connectivity index (χ3n) is 3.21. The fraction of sp³-hybridized carbons (Fsp3) is 0.583.